The predicted molar refractivity (Wildman–Crippen MR) is 76.4 cm³/mol. The Morgan fingerprint density at radius 2 is 1.80 bits per heavy atom. The summed E-state index contributed by atoms with van der Waals surface area (Å²) in [5.74, 6) is -0.476. The van der Waals surface area contributed by atoms with Crippen molar-refractivity contribution in [2.45, 2.75) is 24.9 Å². The van der Waals surface area contributed by atoms with Gasteiger partial charge in [0, 0.05) is 11.9 Å². The van der Waals surface area contributed by atoms with Gasteiger partial charge >= 0.3 is 0 Å². The average molecular weight is 265 g/mol. The van der Waals surface area contributed by atoms with Gasteiger partial charge in [0.15, 0.2) is 0 Å². The van der Waals surface area contributed by atoms with Gasteiger partial charge in [-0.05, 0) is 36.1 Å². The zero-order valence-corrected chi connectivity index (χ0v) is 11.0. The number of primary amides is 1. The highest BCUT2D eigenvalue weighted by Crippen LogP contribution is 2.54. The summed E-state index contributed by atoms with van der Waals surface area (Å²) in [5.41, 5.74) is 9.54. The molecule has 1 aromatic carbocycles. The zero-order valence-electron chi connectivity index (χ0n) is 11.0. The van der Waals surface area contributed by atoms with E-state index < -0.39 is 5.91 Å². The summed E-state index contributed by atoms with van der Waals surface area (Å²) in [6.45, 7) is 0. The summed E-state index contributed by atoms with van der Waals surface area (Å²) in [4.78, 5) is 17.7. The first-order valence-corrected chi connectivity index (χ1v) is 6.89. The highest BCUT2D eigenvalue weighted by molar-refractivity contribution is 5.91. The van der Waals surface area contributed by atoms with E-state index in [4.69, 9.17) is 5.73 Å². The Balaban J connectivity index is 1.79. The Morgan fingerprint density at radius 1 is 1.15 bits per heavy atom. The van der Waals surface area contributed by atoms with Crippen LogP contribution in [0, 0.1) is 0 Å². The summed E-state index contributed by atoms with van der Waals surface area (Å²) < 4.78 is 0. The fourth-order valence-corrected chi connectivity index (χ4v) is 3.61. The third kappa shape index (κ3) is 1.48. The number of anilines is 1. The largest absolute Gasteiger partial charge is 0.364 e. The van der Waals surface area contributed by atoms with Crippen LogP contribution < -0.4 is 10.6 Å². The Labute approximate surface area is 117 Å². The van der Waals surface area contributed by atoms with Crippen LogP contribution in [0.5, 0.6) is 0 Å². The van der Waals surface area contributed by atoms with Crippen LogP contribution in [0.4, 0.5) is 5.69 Å². The van der Waals surface area contributed by atoms with E-state index in [-0.39, 0.29) is 0 Å². The lowest BCUT2D eigenvalue weighted by Crippen LogP contribution is -2.20. The summed E-state index contributed by atoms with van der Waals surface area (Å²) in [7, 11) is 0. The second-order valence-corrected chi connectivity index (χ2v) is 5.41. The van der Waals surface area contributed by atoms with Crippen LogP contribution in [0.25, 0.3) is 0 Å². The van der Waals surface area contributed by atoms with Gasteiger partial charge in [-0.15, -0.1) is 0 Å². The zero-order chi connectivity index (χ0) is 13.7. The molecule has 2 bridgehead atoms. The average Bonchev–Trinajstić information content (AvgIpc) is 3.04. The number of hydrogen-bond acceptors (Lipinski definition) is 3. The summed E-state index contributed by atoms with van der Waals surface area (Å²) in [6.07, 6.45) is 3.99. The Bertz CT molecular complexity index is 667. The highest BCUT2D eigenvalue weighted by atomic mass is 16.1. The van der Waals surface area contributed by atoms with E-state index in [1.54, 1.807) is 12.3 Å². The monoisotopic (exact) mass is 265 g/mol. The Morgan fingerprint density at radius 3 is 2.40 bits per heavy atom. The molecule has 4 rings (SSSR count). The SMILES string of the molecule is NC(=O)c1cc(N2C3CCC2c2ccccc23)ccn1. The lowest BCUT2D eigenvalue weighted by Gasteiger charge is -2.25. The second-order valence-electron chi connectivity index (χ2n) is 5.41. The van der Waals surface area contributed by atoms with Gasteiger partial charge in [0.2, 0.25) is 0 Å². The topological polar surface area (TPSA) is 59.2 Å². The van der Waals surface area contributed by atoms with E-state index in [0.717, 1.165) is 18.5 Å². The number of nitrogens with zero attached hydrogens (tertiary/aromatic N) is 2. The number of fused-ring (bicyclic) bond motifs is 5. The van der Waals surface area contributed by atoms with Gasteiger partial charge in [-0.2, -0.15) is 0 Å². The first kappa shape index (κ1) is 11.5. The van der Waals surface area contributed by atoms with Crippen molar-refractivity contribution < 1.29 is 4.79 Å². The lowest BCUT2D eigenvalue weighted by molar-refractivity contribution is 0.0995. The molecule has 2 aliphatic heterocycles. The van der Waals surface area contributed by atoms with E-state index in [1.165, 1.54) is 11.1 Å². The molecule has 0 spiro atoms. The molecule has 0 aliphatic carbocycles. The molecule has 1 amide bonds. The minimum atomic E-state index is -0.476. The number of amides is 1. The van der Waals surface area contributed by atoms with Crippen LogP contribution >= 0.6 is 0 Å². The number of hydrogen-bond donors (Lipinski definition) is 1. The molecule has 4 nitrogen and oxygen atoms in total. The summed E-state index contributed by atoms with van der Waals surface area (Å²) >= 11 is 0. The number of carbonyl (C=O) groups is 1. The van der Waals surface area contributed by atoms with E-state index >= 15 is 0 Å². The first-order chi connectivity index (χ1) is 9.75. The maximum absolute atomic E-state index is 11.3. The van der Waals surface area contributed by atoms with Crippen molar-refractivity contribution >= 4 is 11.6 Å². The van der Waals surface area contributed by atoms with Crippen molar-refractivity contribution in [1.82, 2.24) is 4.98 Å². The summed E-state index contributed by atoms with van der Waals surface area (Å²) in [5, 5.41) is 0. The van der Waals surface area contributed by atoms with E-state index in [2.05, 4.69) is 34.1 Å². The third-order valence-electron chi connectivity index (χ3n) is 4.39. The molecule has 1 fully saturated rings. The molecule has 3 heterocycles. The molecule has 2 aliphatic rings. The van der Waals surface area contributed by atoms with Gasteiger partial charge in [-0.1, -0.05) is 24.3 Å². The molecule has 2 unspecified atom stereocenters. The fourth-order valence-electron chi connectivity index (χ4n) is 3.61. The van der Waals surface area contributed by atoms with Crippen molar-refractivity contribution in [3.63, 3.8) is 0 Å². The molecule has 0 radical (unpaired) electrons. The molecule has 20 heavy (non-hydrogen) atoms. The summed E-state index contributed by atoms with van der Waals surface area (Å²) in [6, 6.07) is 13.2. The quantitative estimate of drug-likeness (QED) is 0.907. The van der Waals surface area contributed by atoms with Crippen molar-refractivity contribution in [3.8, 4) is 0 Å². The molecule has 2 N–H and O–H groups in total. The molecule has 1 aromatic heterocycles. The highest BCUT2D eigenvalue weighted by Gasteiger charge is 2.43. The van der Waals surface area contributed by atoms with Crippen molar-refractivity contribution in [2.75, 3.05) is 4.90 Å². The minimum absolute atomic E-state index is 0.331. The lowest BCUT2D eigenvalue weighted by atomic mass is 9.92. The molecule has 4 heteroatoms. The third-order valence-corrected chi connectivity index (χ3v) is 4.39. The van der Waals surface area contributed by atoms with Gasteiger partial charge in [0.25, 0.3) is 5.91 Å². The normalized spacial score (nSPS) is 22.9. The molecular weight excluding hydrogens is 250 g/mol. The minimum Gasteiger partial charge on any atom is -0.364 e. The molecule has 2 aromatic rings. The maximum Gasteiger partial charge on any atom is 0.267 e. The number of nitrogens with two attached hydrogens (primary N) is 1. The van der Waals surface area contributed by atoms with Gasteiger partial charge in [-0.3, -0.25) is 9.78 Å². The maximum atomic E-state index is 11.3. The van der Waals surface area contributed by atoms with Crippen molar-refractivity contribution in [1.29, 1.82) is 0 Å². The number of benzene rings is 1. The van der Waals surface area contributed by atoms with Crippen LogP contribution in [0.1, 0.15) is 46.5 Å². The smallest absolute Gasteiger partial charge is 0.267 e. The Kier molecular flexibility index (Phi) is 2.33. The molecule has 1 saturated heterocycles. The van der Waals surface area contributed by atoms with E-state index in [9.17, 15) is 4.79 Å². The number of rotatable bonds is 2. The van der Waals surface area contributed by atoms with Gasteiger partial charge in [0.05, 0.1) is 12.1 Å². The first-order valence-electron chi connectivity index (χ1n) is 6.89. The standard InChI is InChI=1S/C16H15N3O/c17-16(20)13-9-10(7-8-18-13)19-14-5-6-15(19)12-4-2-1-3-11(12)14/h1-4,7-9,14-15H,5-6H2,(H2,17,20). The van der Waals surface area contributed by atoms with Crippen molar-refractivity contribution in [2.24, 2.45) is 5.73 Å². The number of pyridine rings is 1. The molecular formula is C16H15N3O. The van der Waals surface area contributed by atoms with Crippen LogP contribution in [0.3, 0.4) is 0 Å². The molecule has 2 atom stereocenters. The van der Waals surface area contributed by atoms with Crippen molar-refractivity contribution in [3.05, 3.63) is 59.4 Å². The Hall–Kier alpha value is -2.36. The number of carbonyl (C=O) groups excluding carboxylic acids is 1. The van der Waals surface area contributed by atoms with Crippen LogP contribution in [0.2, 0.25) is 0 Å². The molecule has 0 saturated carbocycles. The van der Waals surface area contributed by atoms with Crippen LogP contribution in [0.15, 0.2) is 42.6 Å². The van der Waals surface area contributed by atoms with E-state index in [1.807, 2.05) is 6.07 Å². The van der Waals surface area contributed by atoms with Crippen LogP contribution in [-0.2, 0) is 0 Å². The van der Waals surface area contributed by atoms with Gasteiger partial charge in [0.1, 0.15) is 5.69 Å². The second kappa shape index (κ2) is 4.07. The number of aromatic nitrogens is 1. The van der Waals surface area contributed by atoms with Crippen LogP contribution in [-0.4, -0.2) is 10.9 Å². The van der Waals surface area contributed by atoms with Gasteiger partial charge < -0.3 is 10.6 Å². The van der Waals surface area contributed by atoms with Gasteiger partial charge in [-0.25, -0.2) is 0 Å². The van der Waals surface area contributed by atoms with E-state index in [0.29, 0.717) is 17.8 Å². The fraction of sp³-hybridized carbons (Fsp3) is 0.250. The molecule has 100 valence electrons. The predicted octanol–water partition coefficient (Wildman–Crippen LogP) is 2.58.